The van der Waals surface area contributed by atoms with Crippen molar-refractivity contribution in [3.05, 3.63) is 60.9 Å². The minimum atomic E-state index is 0.790. The predicted octanol–water partition coefficient (Wildman–Crippen LogP) is 3.82. The van der Waals surface area contributed by atoms with E-state index in [0.717, 1.165) is 55.2 Å². The highest BCUT2D eigenvalue weighted by Crippen LogP contribution is 2.24. The van der Waals surface area contributed by atoms with Gasteiger partial charge in [-0.05, 0) is 36.4 Å². The third-order valence-corrected chi connectivity index (χ3v) is 4.48. The Bertz CT molecular complexity index is 1270. The number of aromatic nitrogens is 6. The normalized spacial score (nSPS) is 11.8. The monoisotopic (exact) mass is 334 g/mol. The lowest BCUT2D eigenvalue weighted by Gasteiger charge is -2.05. The molecule has 0 saturated heterocycles. The summed E-state index contributed by atoms with van der Waals surface area (Å²) in [7, 11) is 0. The molecule has 0 fully saturated rings. The lowest BCUT2D eigenvalue weighted by Crippen LogP contribution is -1.92. The third-order valence-electron chi connectivity index (χ3n) is 4.48. The van der Waals surface area contributed by atoms with E-state index in [2.05, 4.69) is 9.97 Å². The third kappa shape index (κ3) is 1.92. The van der Waals surface area contributed by atoms with E-state index in [-0.39, 0.29) is 0 Å². The Hall–Kier alpha value is -3.80. The number of hydrogen-bond donors (Lipinski definition) is 0. The van der Waals surface area contributed by atoms with Gasteiger partial charge in [-0.25, -0.2) is 19.9 Å². The van der Waals surface area contributed by atoms with Gasteiger partial charge in [0.05, 0.1) is 55.2 Å². The first-order valence-electron chi connectivity index (χ1n) is 8.22. The molecule has 0 N–H and O–H groups in total. The van der Waals surface area contributed by atoms with Crippen LogP contribution in [0.4, 0.5) is 0 Å². The molecule has 6 rings (SSSR count). The maximum Gasteiger partial charge on any atom is 0.0917 e. The van der Waals surface area contributed by atoms with Gasteiger partial charge in [0.2, 0.25) is 0 Å². The van der Waals surface area contributed by atoms with Gasteiger partial charge in [0, 0.05) is 12.4 Å². The second kappa shape index (κ2) is 4.86. The van der Waals surface area contributed by atoms with Crippen molar-refractivity contribution in [2.75, 3.05) is 0 Å². The molecule has 0 amide bonds. The lowest BCUT2D eigenvalue weighted by molar-refractivity contribution is 1.29. The first kappa shape index (κ1) is 13.5. The summed E-state index contributed by atoms with van der Waals surface area (Å²) in [5.74, 6) is 0. The van der Waals surface area contributed by atoms with Crippen molar-refractivity contribution in [1.82, 2.24) is 29.9 Å². The maximum absolute atomic E-state index is 4.76. The molecule has 6 aromatic rings. The SMILES string of the molecule is c1ccc2nc3cc4nc5cc6nccnc6cc5nc4cc3nc2c1. The molecule has 0 radical (unpaired) electrons. The van der Waals surface area contributed by atoms with E-state index in [1.54, 1.807) is 12.4 Å². The summed E-state index contributed by atoms with van der Waals surface area (Å²) in [5, 5.41) is 0. The van der Waals surface area contributed by atoms with Crippen molar-refractivity contribution in [3.8, 4) is 0 Å². The van der Waals surface area contributed by atoms with Crippen LogP contribution in [0.25, 0.3) is 55.2 Å². The number of fused-ring (bicyclic) bond motifs is 5. The fourth-order valence-electron chi connectivity index (χ4n) is 3.25. The van der Waals surface area contributed by atoms with E-state index in [0.29, 0.717) is 0 Å². The van der Waals surface area contributed by atoms with Crippen LogP contribution in [0.3, 0.4) is 0 Å². The minimum Gasteiger partial charge on any atom is -0.253 e. The van der Waals surface area contributed by atoms with Gasteiger partial charge in [0.1, 0.15) is 0 Å². The second-order valence-corrected chi connectivity index (χ2v) is 6.15. The quantitative estimate of drug-likeness (QED) is 0.393. The summed E-state index contributed by atoms with van der Waals surface area (Å²) in [4.78, 5) is 27.6. The van der Waals surface area contributed by atoms with Crippen LogP contribution < -0.4 is 0 Å². The summed E-state index contributed by atoms with van der Waals surface area (Å²) < 4.78 is 0. The van der Waals surface area contributed by atoms with Gasteiger partial charge in [-0.2, -0.15) is 0 Å². The van der Waals surface area contributed by atoms with E-state index in [1.807, 2.05) is 48.5 Å². The lowest BCUT2D eigenvalue weighted by atomic mass is 10.2. The molecule has 0 saturated carbocycles. The fourth-order valence-corrected chi connectivity index (χ4v) is 3.25. The molecular weight excluding hydrogens is 324 g/mol. The van der Waals surface area contributed by atoms with Crippen LogP contribution in [0.2, 0.25) is 0 Å². The van der Waals surface area contributed by atoms with Gasteiger partial charge in [-0.15, -0.1) is 0 Å². The Balaban J connectivity index is 1.72. The minimum absolute atomic E-state index is 0.790. The first-order chi connectivity index (χ1) is 12.8. The molecule has 3 aromatic heterocycles. The molecule has 6 heteroatoms. The molecular formula is C20H10N6. The van der Waals surface area contributed by atoms with Crippen LogP contribution in [-0.2, 0) is 0 Å². The van der Waals surface area contributed by atoms with E-state index in [1.165, 1.54) is 0 Å². The van der Waals surface area contributed by atoms with Gasteiger partial charge in [0.15, 0.2) is 0 Å². The van der Waals surface area contributed by atoms with Crippen molar-refractivity contribution >= 4 is 55.2 Å². The number of benzene rings is 3. The molecule has 0 unspecified atom stereocenters. The second-order valence-electron chi connectivity index (χ2n) is 6.15. The molecule has 0 atom stereocenters. The largest absolute Gasteiger partial charge is 0.253 e. The van der Waals surface area contributed by atoms with Gasteiger partial charge >= 0.3 is 0 Å². The van der Waals surface area contributed by atoms with Gasteiger partial charge in [-0.1, -0.05) is 12.1 Å². The maximum atomic E-state index is 4.76. The zero-order valence-electron chi connectivity index (χ0n) is 13.5. The van der Waals surface area contributed by atoms with Crippen LogP contribution in [0.15, 0.2) is 60.9 Å². The van der Waals surface area contributed by atoms with Crippen molar-refractivity contribution < 1.29 is 0 Å². The highest BCUT2D eigenvalue weighted by molar-refractivity contribution is 5.99. The van der Waals surface area contributed by atoms with E-state index < -0.39 is 0 Å². The van der Waals surface area contributed by atoms with E-state index >= 15 is 0 Å². The Morgan fingerprint density at radius 3 is 1.15 bits per heavy atom. The summed E-state index contributed by atoms with van der Waals surface area (Å²) >= 11 is 0. The molecule has 0 bridgehead atoms. The molecule has 0 aliphatic heterocycles. The van der Waals surface area contributed by atoms with Crippen LogP contribution in [0.1, 0.15) is 0 Å². The molecule has 120 valence electrons. The van der Waals surface area contributed by atoms with Gasteiger partial charge < -0.3 is 0 Å². The predicted molar refractivity (Wildman–Crippen MR) is 101 cm³/mol. The van der Waals surface area contributed by atoms with Crippen molar-refractivity contribution in [1.29, 1.82) is 0 Å². The summed E-state index contributed by atoms with van der Waals surface area (Å²) in [6.07, 6.45) is 3.35. The highest BCUT2D eigenvalue weighted by Gasteiger charge is 2.08. The number of rotatable bonds is 0. The van der Waals surface area contributed by atoms with Crippen molar-refractivity contribution in [2.24, 2.45) is 0 Å². The first-order valence-corrected chi connectivity index (χ1v) is 8.22. The molecule has 26 heavy (non-hydrogen) atoms. The zero-order chi connectivity index (χ0) is 17.1. The van der Waals surface area contributed by atoms with Crippen LogP contribution in [0.5, 0.6) is 0 Å². The fraction of sp³-hybridized carbons (Fsp3) is 0. The summed E-state index contributed by atoms with van der Waals surface area (Å²) in [5.41, 5.74) is 8.13. The van der Waals surface area contributed by atoms with Crippen molar-refractivity contribution in [2.45, 2.75) is 0 Å². The molecule has 0 aliphatic carbocycles. The molecule has 3 aromatic carbocycles. The Kier molecular flexibility index (Phi) is 2.52. The average Bonchev–Trinajstić information content (AvgIpc) is 2.67. The van der Waals surface area contributed by atoms with E-state index in [4.69, 9.17) is 19.9 Å². The number of para-hydroxylation sites is 2. The van der Waals surface area contributed by atoms with Crippen LogP contribution in [0, 0.1) is 0 Å². The highest BCUT2D eigenvalue weighted by atomic mass is 14.9. The van der Waals surface area contributed by atoms with Gasteiger partial charge in [-0.3, -0.25) is 9.97 Å². The van der Waals surface area contributed by atoms with Gasteiger partial charge in [0.25, 0.3) is 0 Å². The van der Waals surface area contributed by atoms with E-state index in [9.17, 15) is 0 Å². The molecule has 0 aliphatic rings. The smallest absolute Gasteiger partial charge is 0.0917 e. The van der Waals surface area contributed by atoms with Crippen LogP contribution in [-0.4, -0.2) is 29.9 Å². The number of hydrogen-bond acceptors (Lipinski definition) is 6. The molecule has 6 nitrogen and oxygen atoms in total. The Labute approximate surface area is 146 Å². The zero-order valence-corrected chi connectivity index (χ0v) is 13.5. The molecule has 0 spiro atoms. The van der Waals surface area contributed by atoms with Crippen molar-refractivity contribution in [3.63, 3.8) is 0 Å². The Morgan fingerprint density at radius 1 is 0.385 bits per heavy atom. The number of nitrogens with zero attached hydrogens (tertiary/aromatic N) is 6. The Morgan fingerprint density at radius 2 is 0.731 bits per heavy atom. The topological polar surface area (TPSA) is 77.3 Å². The summed E-state index contributed by atoms with van der Waals surface area (Å²) in [6, 6.07) is 15.6. The standard InChI is InChI=1S/C20H10N6/c1-2-4-12-11(3-1)23-17-9-19-20(10-18(17)24-12)26-16-8-14-13(7-15(16)25-19)21-5-6-22-14/h1-10H. The average molecular weight is 334 g/mol. The van der Waals surface area contributed by atoms with Crippen LogP contribution >= 0.6 is 0 Å². The molecule has 3 heterocycles. The summed E-state index contributed by atoms with van der Waals surface area (Å²) in [6.45, 7) is 0.